The quantitative estimate of drug-likeness (QED) is 0.0591. The molecular formula is C47H94N2. The van der Waals surface area contributed by atoms with Crippen molar-refractivity contribution in [3.63, 3.8) is 0 Å². The molecule has 49 heavy (non-hydrogen) atoms. The van der Waals surface area contributed by atoms with Crippen LogP contribution in [0.3, 0.4) is 0 Å². The number of hydrogen-bond donors (Lipinski definition) is 0. The Kier molecular flexibility index (Phi) is 36.5. The van der Waals surface area contributed by atoms with Gasteiger partial charge in [0.1, 0.15) is 6.17 Å². The van der Waals surface area contributed by atoms with Gasteiger partial charge in [-0.1, -0.05) is 245 Å². The molecule has 1 aliphatic heterocycles. The van der Waals surface area contributed by atoms with Crippen molar-refractivity contribution in [2.45, 2.75) is 277 Å². The van der Waals surface area contributed by atoms with Crippen molar-refractivity contribution < 1.29 is 0 Å². The highest BCUT2D eigenvalue weighted by Gasteiger charge is 2.24. The first kappa shape index (κ1) is 46.4. The molecule has 0 spiro atoms. The lowest BCUT2D eigenvalue weighted by molar-refractivity contribution is 0.135. The second-order valence-electron chi connectivity index (χ2n) is 16.4. The van der Waals surface area contributed by atoms with Crippen molar-refractivity contribution in [2.75, 3.05) is 13.1 Å². The number of hydrogen-bond acceptors (Lipinski definition) is 2. The number of nitrogens with zero attached hydrogens (tertiary/aromatic N) is 2. The van der Waals surface area contributed by atoms with E-state index in [1.165, 1.54) is 264 Å². The van der Waals surface area contributed by atoms with Crippen molar-refractivity contribution in [3.8, 4) is 0 Å². The largest absolute Gasteiger partial charge is 0.356 e. The fourth-order valence-corrected chi connectivity index (χ4v) is 8.13. The smallest absolute Gasteiger partial charge is 0.101 e. The fourth-order valence-electron chi connectivity index (χ4n) is 8.13. The van der Waals surface area contributed by atoms with E-state index in [0.717, 1.165) is 0 Å². The van der Waals surface area contributed by atoms with E-state index in [4.69, 9.17) is 0 Å². The second-order valence-corrected chi connectivity index (χ2v) is 16.4. The Balaban J connectivity index is 2.19. The zero-order chi connectivity index (χ0) is 35.1. The Morgan fingerprint density at radius 3 is 0.714 bits per heavy atom. The molecule has 1 unspecified atom stereocenters. The van der Waals surface area contributed by atoms with Crippen LogP contribution < -0.4 is 0 Å². The maximum Gasteiger partial charge on any atom is 0.101 e. The minimum atomic E-state index is 0.637. The van der Waals surface area contributed by atoms with Crippen LogP contribution >= 0.6 is 0 Å². The fraction of sp³-hybridized carbons (Fsp3) is 0.957. The van der Waals surface area contributed by atoms with E-state index in [9.17, 15) is 0 Å². The molecule has 0 aromatic carbocycles. The van der Waals surface area contributed by atoms with Crippen molar-refractivity contribution in [1.29, 1.82) is 0 Å². The maximum absolute atomic E-state index is 2.73. The average Bonchev–Trinajstić information content (AvgIpc) is 3.50. The van der Waals surface area contributed by atoms with Gasteiger partial charge in [-0.3, -0.25) is 0 Å². The van der Waals surface area contributed by atoms with Crippen LogP contribution in [-0.4, -0.2) is 29.1 Å². The van der Waals surface area contributed by atoms with Crippen LogP contribution in [0.15, 0.2) is 12.4 Å². The van der Waals surface area contributed by atoms with Gasteiger partial charge in [0.15, 0.2) is 0 Å². The highest BCUT2D eigenvalue weighted by molar-refractivity contribution is 4.97. The van der Waals surface area contributed by atoms with Crippen molar-refractivity contribution in [2.24, 2.45) is 0 Å². The molecule has 2 heteroatoms. The maximum atomic E-state index is 2.73. The molecule has 0 aliphatic carbocycles. The lowest BCUT2D eigenvalue weighted by Crippen LogP contribution is -2.39. The van der Waals surface area contributed by atoms with Crippen LogP contribution in [0.1, 0.15) is 271 Å². The van der Waals surface area contributed by atoms with Crippen LogP contribution in [0.4, 0.5) is 0 Å². The molecule has 292 valence electrons. The molecule has 0 radical (unpaired) electrons. The van der Waals surface area contributed by atoms with Gasteiger partial charge in [-0.25, -0.2) is 0 Å². The molecule has 0 aromatic heterocycles. The van der Waals surface area contributed by atoms with Crippen molar-refractivity contribution in [3.05, 3.63) is 12.4 Å². The van der Waals surface area contributed by atoms with Crippen molar-refractivity contribution in [1.82, 2.24) is 9.80 Å². The standard InChI is InChI=1S/C47H94N2/c1-4-7-10-13-16-19-21-23-25-26-28-30-33-36-39-42-47-48(43-40-37-34-31-18-15-12-9-6-3)45-46-49(47)44-41-38-35-32-29-27-24-22-20-17-14-11-8-5-2/h45-47H,4-44H2,1-3H3. The molecule has 2 nitrogen and oxygen atoms in total. The molecule has 1 heterocycles. The van der Waals surface area contributed by atoms with Gasteiger partial charge in [-0.2, -0.15) is 0 Å². The first-order chi connectivity index (χ1) is 24.3. The number of rotatable bonds is 41. The second kappa shape index (κ2) is 38.6. The summed E-state index contributed by atoms with van der Waals surface area (Å²) in [5, 5.41) is 0. The van der Waals surface area contributed by atoms with Gasteiger partial charge in [0.25, 0.3) is 0 Å². The summed E-state index contributed by atoms with van der Waals surface area (Å²) in [5.74, 6) is 0. The lowest BCUT2D eigenvalue weighted by atomic mass is 10.0. The van der Waals surface area contributed by atoms with Crippen LogP contribution in [0.2, 0.25) is 0 Å². The van der Waals surface area contributed by atoms with Gasteiger partial charge in [0, 0.05) is 25.5 Å². The zero-order valence-corrected chi connectivity index (χ0v) is 34.6. The minimum absolute atomic E-state index is 0.637. The summed E-state index contributed by atoms with van der Waals surface area (Å²) >= 11 is 0. The summed E-state index contributed by atoms with van der Waals surface area (Å²) in [6.07, 6.45) is 61.9. The molecule has 0 N–H and O–H groups in total. The Morgan fingerprint density at radius 1 is 0.265 bits per heavy atom. The molecule has 1 atom stereocenters. The van der Waals surface area contributed by atoms with Gasteiger partial charge in [-0.05, 0) is 25.7 Å². The first-order valence-electron chi connectivity index (χ1n) is 23.5. The summed E-state index contributed by atoms with van der Waals surface area (Å²) in [4.78, 5) is 5.47. The monoisotopic (exact) mass is 687 g/mol. The van der Waals surface area contributed by atoms with E-state index in [1.807, 2.05) is 0 Å². The molecule has 0 aromatic rings. The van der Waals surface area contributed by atoms with E-state index >= 15 is 0 Å². The molecule has 1 aliphatic rings. The summed E-state index contributed by atoms with van der Waals surface area (Å²) in [7, 11) is 0. The Labute approximate surface area is 311 Å². The van der Waals surface area contributed by atoms with Crippen LogP contribution in [0, 0.1) is 0 Å². The Bertz CT molecular complexity index is 644. The van der Waals surface area contributed by atoms with Crippen LogP contribution in [0.5, 0.6) is 0 Å². The average molecular weight is 687 g/mol. The predicted molar refractivity (Wildman–Crippen MR) is 223 cm³/mol. The summed E-state index contributed by atoms with van der Waals surface area (Å²) in [6.45, 7) is 9.49. The third-order valence-electron chi connectivity index (χ3n) is 11.6. The van der Waals surface area contributed by atoms with Gasteiger partial charge in [-0.15, -0.1) is 0 Å². The van der Waals surface area contributed by atoms with E-state index in [2.05, 4.69) is 43.0 Å². The van der Waals surface area contributed by atoms with E-state index in [-0.39, 0.29) is 0 Å². The van der Waals surface area contributed by atoms with Crippen LogP contribution in [-0.2, 0) is 0 Å². The minimum Gasteiger partial charge on any atom is -0.356 e. The van der Waals surface area contributed by atoms with Gasteiger partial charge in [0.2, 0.25) is 0 Å². The predicted octanol–water partition coefficient (Wildman–Crippen LogP) is 16.7. The third kappa shape index (κ3) is 30.7. The highest BCUT2D eigenvalue weighted by atomic mass is 15.4. The van der Waals surface area contributed by atoms with E-state index < -0.39 is 0 Å². The van der Waals surface area contributed by atoms with Gasteiger partial charge < -0.3 is 9.80 Å². The molecule has 0 fully saturated rings. The van der Waals surface area contributed by atoms with Gasteiger partial charge in [0.05, 0.1) is 0 Å². The van der Waals surface area contributed by atoms with E-state index in [1.54, 1.807) is 0 Å². The summed E-state index contributed by atoms with van der Waals surface area (Å²) in [6, 6.07) is 0. The normalized spacial score (nSPS) is 14.6. The lowest BCUT2D eigenvalue weighted by Gasteiger charge is -2.33. The Morgan fingerprint density at radius 2 is 0.469 bits per heavy atom. The third-order valence-corrected chi connectivity index (χ3v) is 11.6. The summed E-state index contributed by atoms with van der Waals surface area (Å²) in [5.41, 5.74) is 0. The molecule has 0 saturated carbocycles. The van der Waals surface area contributed by atoms with Gasteiger partial charge >= 0.3 is 0 Å². The molecular weight excluding hydrogens is 593 g/mol. The first-order valence-corrected chi connectivity index (χ1v) is 23.5. The van der Waals surface area contributed by atoms with E-state index in [0.29, 0.717) is 6.17 Å². The van der Waals surface area contributed by atoms with Crippen LogP contribution in [0.25, 0.3) is 0 Å². The van der Waals surface area contributed by atoms with Crippen molar-refractivity contribution >= 4 is 0 Å². The Hall–Kier alpha value is -0.660. The number of unbranched alkanes of at least 4 members (excludes halogenated alkanes) is 35. The topological polar surface area (TPSA) is 6.48 Å². The molecule has 0 bridgehead atoms. The molecule has 0 amide bonds. The highest BCUT2D eigenvalue weighted by Crippen LogP contribution is 2.24. The SMILES string of the molecule is CCCCCCCCCCCCCCCCCC1N(CCCCCCCCCCC)C=CN1CCCCCCCCCCCCCCCC. The zero-order valence-electron chi connectivity index (χ0n) is 34.6. The molecule has 0 saturated heterocycles. The molecule has 1 rings (SSSR count). The summed E-state index contributed by atoms with van der Waals surface area (Å²) < 4.78 is 0.